The second-order valence-electron chi connectivity index (χ2n) is 12.0. The number of rotatable bonds is 33. The van der Waals surface area contributed by atoms with Gasteiger partial charge in [-0.05, 0) is 44.9 Å². The van der Waals surface area contributed by atoms with Gasteiger partial charge in [-0.25, -0.2) is 0 Å². The summed E-state index contributed by atoms with van der Waals surface area (Å²) in [6.07, 6.45) is 40.7. The Labute approximate surface area is 249 Å². The molecule has 0 spiro atoms. The first-order valence-electron chi connectivity index (χ1n) is 17.7. The molecule has 0 aromatic carbocycles. The fraction of sp³-hybridized carbons (Fsp3) is 0.889. The molecular weight excluding hydrogens is 496 g/mol. The van der Waals surface area contributed by atoms with Crippen LogP contribution in [0.4, 0.5) is 0 Å². The molecule has 0 aliphatic heterocycles. The average Bonchev–Trinajstić information content (AvgIpc) is 2.94. The number of ether oxygens (including phenoxy) is 1. The fourth-order valence-corrected chi connectivity index (χ4v) is 5.27. The van der Waals surface area contributed by atoms with Crippen molar-refractivity contribution in [3.05, 3.63) is 12.2 Å². The number of carbonyl (C=O) groups excluding carboxylic acids is 1. The van der Waals surface area contributed by atoms with Gasteiger partial charge >= 0.3 is 11.9 Å². The molecule has 0 bridgehead atoms. The second-order valence-corrected chi connectivity index (χ2v) is 12.0. The topological polar surface area (TPSA) is 63.6 Å². The lowest BCUT2D eigenvalue weighted by Crippen LogP contribution is -2.05. The fourth-order valence-electron chi connectivity index (χ4n) is 5.27. The molecule has 0 aromatic heterocycles. The third kappa shape index (κ3) is 34.7. The number of allylic oxidation sites excluding steroid dienone is 2. The molecule has 236 valence electrons. The number of hydrogen-bond donors (Lipinski definition) is 1. The van der Waals surface area contributed by atoms with Crippen LogP contribution in [0.25, 0.3) is 0 Å². The van der Waals surface area contributed by atoms with E-state index >= 15 is 0 Å². The number of hydrogen-bond acceptors (Lipinski definition) is 3. The van der Waals surface area contributed by atoms with Gasteiger partial charge in [-0.15, -0.1) is 0 Å². The minimum Gasteiger partial charge on any atom is -0.481 e. The zero-order chi connectivity index (χ0) is 29.2. The summed E-state index contributed by atoms with van der Waals surface area (Å²) < 4.78 is 5.42. The maximum absolute atomic E-state index is 11.9. The molecule has 0 saturated carbocycles. The van der Waals surface area contributed by atoms with Crippen molar-refractivity contribution in [2.45, 2.75) is 200 Å². The lowest BCUT2D eigenvalue weighted by atomic mass is 10.0. The Kier molecular flexibility index (Phi) is 32.8. The minimum atomic E-state index is -0.671. The van der Waals surface area contributed by atoms with E-state index in [0.717, 1.165) is 32.1 Å². The molecule has 0 aliphatic carbocycles. The van der Waals surface area contributed by atoms with Crippen molar-refractivity contribution in [3.63, 3.8) is 0 Å². The monoisotopic (exact) mass is 565 g/mol. The van der Waals surface area contributed by atoms with E-state index in [9.17, 15) is 9.59 Å². The van der Waals surface area contributed by atoms with Crippen molar-refractivity contribution < 1.29 is 19.4 Å². The highest BCUT2D eigenvalue weighted by Crippen LogP contribution is 2.14. The van der Waals surface area contributed by atoms with Crippen molar-refractivity contribution in [2.75, 3.05) is 6.61 Å². The molecular formula is C36H68O4. The number of carboxylic acid groups (broad SMARTS) is 1. The van der Waals surface area contributed by atoms with Crippen LogP contribution in [0.1, 0.15) is 200 Å². The molecule has 0 fully saturated rings. The van der Waals surface area contributed by atoms with E-state index in [-0.39, 0.29) is 5.97 Å². The van der Waals surface area contributed by atoms with Crippen LogP contribution in [0.15, 0.2) is 12.2 Å². The van der Waals surface area contributed by atoms with Gasteiger partial charge in [0.25, 0.3) is 0 Å². The summed E-state index contributed by atoms with van der Waals surface area (Å²) in [5, 5.41) is 8.62. The van der Waals surface area contributed by atoms with Gasteiger partial charge in [0.05, 0.1) is 6.61 Å². The predicted molar refractivity (Wildman–Crippen MR) is 172 cm³/mol. The Morgan fingerprint density at radius 3 is 1.25 bits per heavy atom. The van der Waals surface area contributed by atoms with E-state index in [1.807, 2.05) is 0 Å². The predicted octanol–water partition coefficient (Wildman–Crippen LogP) is 11.9. The van der Waals surface area contributed by atoms with E-state index in [0.29, 0.717) is 19.4 Å². The highest BCUT2D eigenvalue weighted by molar-refractivity contribution is 5.69. The summed E-state index contributed by atoms with van der Waals surface area (Å²) in [4.78, 5) is 22.4. The van der Waals surface area contributed by atoms with Crippen LogP contribution >= 0.6 is 0 Å². The third-order valence-corrected chi connectivity index (χ3v) is 7.94. The molecule has 0 aromatic rings. The van der Waals surface area contributed by atoms with Crippen LogP contribution in [0.3, 0.4) is 0 Å². The van der Waals surface area contributed by atoms with Crippen LogP contribution in [0.2, 0.25) is 0 Å². The first kappa shape index (κ1) is 38.7. The van der Waals surface area contributed by atoms with Crippen molar-refractivity contribution in [1.82, 2.24) is 0 Å². The van der Waals surface area contributed by atoms with E-state index < -0.39 is 5.97 Å². The Morgan fingerprint density at radius 1 is 0.475 bits per heavy atom. The number of aliphatic carboxylic acids is 1. The third-order valence-electron chi connectivity index (χ3n) is 7.94. The maximum Gasteiger partial charge on any atom is 0.305 e. The van der Waals surface area contributed by atoms with Gasteiger partial charge in [-0.1, -0.05) is 154 Å². The SMILES string of the molecule is CCCCCCC=CCCCCCCCCCCCC(=O)OCCCCCCCCCCCCCCCC(=O)O. The Morgan fingerprint density at radius 2 is 0.825 bits per heavy atom. The van der Waals surface area contributed by atoms with Gasteiger partial charge < -0.3 is 9.84 Å². The minimum absolute atomic E-state index is 0.00288. The highest BCUT2D eigenvalue weighted by atomic mass is 16.5. The molecule has 0 rings (SSSR count). The van der Waals surface area contributed by atoms with Crippen LogP contribution in [0, 0.1) is 0 Å². The van der Waals surface area contributed by atoms with Gasteiger partial charge in [0.2, 0.25) is 0 Å². The Hall–Kier alpha value is -1.32. The van der Waals surface area contributed by atoms with Gasteiger partial charge in [-0.2, -0.15) is 0 Å². The molecule has 0 aliphatic rings. The standard InChI is InChI=1S/C36H68O4/c1-2-3-4-5-6-7-8-9-10-11-12-15-18-21-24-27-30-33-36(39)40-34-31-28-25-22-19-16-13-14-17-20-23-26-29-32-35(37)38/h7-8H,2-6,9-34H2,1H3,(H,37,38). The van der Waals surface area contributed by atoms with E-state index in [4.69, 9.17) is 9.84 Å². The summed E-state index contributed by atoms with van der Waals surface area (Å²) in [5.74, 6) is -0.673. The second kappa shape index (κ2) is 33.9. The zero-order valence-corrected chi connectivity index (χ0v) is 26.7. The van der Waals surface area contributed by atoms with Crippen LogP contribution in [0.5, 0.6) is 0 Å². The van der Waals surface area contributed by atoms with E-state index in [2.05, 4.69) is 19.1 Å². The van der Waals surface area contributed by atoms with Gasteiger partial charge in [0.15, 0.2) is 0 Å². The largest absolute Gasteiger partial charge is 0.481 e. The summed E-state index contributed by atoms with van der Waals surface area (Å²) in [6, 6.07) is 0. The number of unbranched alkanes of at least 4 members (excludes halogenated alkanes) is 25. The van der Waals surface area contributed by atoms with Crippen LogP contribution in [-0.4, -0.2) is 23.7 Å². The normalized spacial score (nSPS) is 11.4. The Balaban J connectivity index is 3.18. The molecule has 40 heavy (non-hydrogen) atoms. The lowest BCUT2D eigenvalue weighted by Gasteiger charge is -2.06. The highest BCUT2D eigenvalue weighted by Gasteiger charge is 2.03. The molecule has 4 nitrogen and oxygen atoms in total. The smallest absolute Gasteiger partial charge is 0.305 e. The number of carboxylic acids is 1. The molecule has 0 amide bonds. The summed E-state index contributed by atoms with van der Waals surface area (Å²) >= 11 is 0. The van der Waals surface area contributed by atoms with Gasteiger partial charge in [-0.3, -0.25) is 9.59 Å². The average molecular weight is 565 g/mol. The number of esters is 1. The van der Waals surface area contributed by atoms with E-state index in [1.54, 1.807) is 0 Å². The molecule has 0 atom stereocenters. The van der Waals surface area contributed by atoms with Crippen molar-refractivity contribution in [3.8, 4) is 0 Å². The molecule has 0 radical (unpaired) electrons. The zero-order valence-electron chi connectivity index (χ0n) is 26.7. The van der Waals surface area contributed by atoms with Crippen molar-refractivity contribution >= 4 is 11.9 Å². The molecule has 0 saturated heterocycles. The first-order valence-corrected chi connectivity index (χ1v) is 17.7. The first-order chi connectivity index (χ1) is 19.7. The van der Waals surface area contributed by atoms with Gasteiger partial charge in [0.1, 0.15) is 0 Å². The summed E-state index contributed by atoms with van der Waals surface area (Å²) in [6.45, 7) is 2.87. The molecule has 4 heteroatoms. The van der Waals surface area contributed by atoms with Crippen LogP contribution < -0.4 is 0 Å². The summed E-state index contributed by atoms with van der Waals surface area (Å²) in [7, 11) is 0. The Bertz CT molecular complexity index is 557. The van der Waals surface area contributed by atoms with Crippen molar-refractivity contribution in [1.29, 1.82) is 0 Å². The van der Waals surface area contributed by atoms with Crippen LogP contribution in [-0.2, 0) is 14.3 Å². The summed E-state index contributed by atoms with van der Waals surface area (Å²) in [5.41, 5.74) is 0. The quantitative estimate of drug-likeness (QED) is 0.0489. The molecule has 0 unspecified atom stereocenters. The number of carbonyl (C=O) groups is 2. The molecule has 1 N–H and O–H groups in total. The van der Waals surface area contributed by atoms with Gasteiger partial charge in [0, 0.05) is 12.8 Å². The lowest BCUT2D eigenvalue weighted by molar-refractivity contribution is -0.144. The maximum atomic E-state index is 11.9. The van der Waals surface area contributed by atoms with Crippen molar-refractivity contribution in [2.24, 2.45) is 0 Å². The van der Waals surface area contributed by atoms with E-state index in [1.165, 1.54) is 148 Å². The molecule has 0 heterocycles.